The van der Waals surface area contributed by atoms with Gasteiger partial charge >= 0.3 is 7.60 Å². The molecule has 1 N–H and O–H groups in total. The second-order valence-electron chi connectivity index (χ2n) is 8.77. The Kier molecular flexibility index (Phi) is 10.7. The van der Waals surface area contributed by atoms with Gasteiger partial charge in [-0.2, -0.15) is 4.72 Å². The maximum atomic E-state index is 14.8. The number of fused-ring (bicyclic) bond motifs is 1. The predicted octanol–water partition coefficient (Wildman–Crippen LogP) is 7.55. The highest BCUT2D eigenvalue weighted by Crippen LogP contribution is 2.67. The fraction of sp³-hybridized carbons (Fsp3) is 0.423. The summed E-state index contributed by atoms with van der Waals surface area (Å²) >= 11 is 9.25. The maximum Gasteiger partial charge on any atom is 0.360 e. The molecule has 0 bridgehead atoms. The van der Waals surface area contributed by atoms with Gasteiger partial charge in [0.2, 0.25) is 10.0 Å². The number of halogens is 2. The molecule has 1 aliphatic carbocycles. The molecule has 0 amide bonds. The molecule has 0 aliphatic heterocycles. The lowest BCUT2D eigenvalue weighted by Gasteiger charge is -2.40. The van der Waals surface area contributed by atoms with Crippen LogP contribution in [0.1, 0.15) is 68.3 Å². The van der Waals surface area contributed by atoms with Gasteiger partial charge in [0, 0.05) is 16.1 Å². The third-order valence-electron chi connectivity index (χ3n) is 6.00. The predicted molar refractivity (Wildman–Crippen MR) is 150 cm³/mol. The van der Waals surface area contributed by atoms with Gasteiger partial charge in [-0.1, -0.05) is 75.4 Å². The molecular formula is C26H32BrClNO6PS. The van der Waals surface area contributed by atoms with Gasteiger partial charge in [-0.15, -0.1) is 0 Å². The number of carbonyl (C=O) groups is 1. The number of hydrogen-bond acceptors (Lipinski definition) is 6. The fourth-order valence-corrected chi connectivity index (χ4v) is 8.88. The molecule has 2 aromatic rings. The molecule has 2 aromatic carbocycles. The van der Waals surface area contributed by atoms with Crippen molar-refractivity contribution in [2.45, 2.75) is 62.5 Å². The Morgan fingerprint density at radius 1 is 0.946 bits per heavy atom. The first kappa shape index (κ1) is 30.2. The van der Waals surface area contributed by atoms with E-state index >= 15 is 0 Å². The minimum atomic E-state index is -4.30. The first-order valence-electron chi connectivity index (χ1n) is 12.3. The van der Waals surface area contributed by atoms with E-state index in [1.54, 1.807) is 24.3 Å². The van der Waals surface area contributed by atoms with Gasteiger partial charge in [0.05, 0.1) is 22.6 Å². The number of Topliss-reactive ketones (excluding diaryl/α,β-unsaturated/α-hetero) is 1. The number of allylic oxidation sites excluding steroid dienone is 1. The van der Waals surface area contributed by atoms with Crippen LogP contribution in [0.3, 0.4) is 0 Å². The Bertz CT molecular complexity index is 1270. The lowest BCUT2D eigenvalue weighted by atomic mass is 9.92. The molecule has 3 rings (SSSR count). The van der Waals surface area contributed by atoms with Crippen molar-refractivity contribution in [3.63, 3.8) is 0 Å². The third kappa shape index (κ3) is 6.82. The molecule has 1 aliphatic rings. The minimum Gasteiger partial charge on any atom is -0.307 e. The van der Waals surface area contributed by atoms with Crippen LogP contribution in [0.25, 0.3) is 0 Å². The van der Waals surface area contributed by atoms with E-state index in [9.17, 15) is 17.8 Å². The highest BCUT2D eigenvalue weighted by molar-refractivity contribution is 9.12. The second kappa shape index (κ2) is 13.2. The largest absolute Gasteiger partial charge is 0.360 e. The number of unbranched alkanes of at least 4 members (excludes halogenated alkanes) is 4. The van der Waals surface area contributed by atoms with Crippen LogP contribution in [-0.2, 0) is 28.9 Å². The molecule has 37 heavy (non-hydrogen) atoms. The normalized spacial score (nSPS) is 17.9. The van der Waals surface area contributed by atoms with E-state index in [0.29, 0.717) is 17.9 Å². The van der Waals surface area contributed by atoms with Crippen LogP contribution in [0.5, 0.6) is 0 Å². The molecule has 11 heteroatoms. The number of hydrogen-bond donors (Lipinski definition) is 1. The summed E-state index contributed by atoms with van der Waals surface area (Å²) in [5.74, 6) is -0.361. The molecule has 0 saturated carbocycles. The van der Waals surface area contributed by atoms with Crippen molar-refractivity contribution in [1.29, 1.82) is 0 Å². The van der Waals surface area contributed by atoms with E-state index in [1.807, 2.05) is 13.8 Å². The van der Waals surface area contributed by atoms with E-state index < -0.39 is 22.9 Å². The van der Waals surface area contributed by atoms with Crippen molar-refractivity contribution in [3.8, 4) is 0 Å². The lowest BCUT2D eigenvalue weighted by Crippen LogP contribution is -2.47. The number of nitrogens with one attached hydrogen (secondary N) is 1. The molecule has 0 heterocycles. The first-order chi connectivity index (χ1) is 17.6. The summed E-state index contributed by atoms with van der Waals surface area (Å²) in [4.78, 5) is 12.9. The molecule has 7 nitrogen and oxygen atoms in total. The van der Waals surface area contributed by atoms with Gasteiger partial charge in [-0.05, 0) is 59.1 Å². The van der Waals surface area contributed by atoms with E-state index in [2.05, 4.69) is 20.7 Å². The topological polar surface area (TPSA) is 98.8 Å². The number of ketones is 1. The zero-order valence-electron chi connectivity index (χ0n) is 20.9. The molecule has 0 spiro atoms. The van der Waals surface area contributed by atoms with Gasteiger partial charge in [0.25, 0.3) is 0 Å². The number of benzene rings is 2. The van der Waals surface area contributed by atoms with E-state index in [0.717, 1.165) is 25.7 Å². The Hall–Kier alpha value is -1.32. The molecule has 0 fully saturated rings. The molecular weight excluding hydrogens is 601 g/mol. The van der Waals surface area contributed by atoms with Crippen LogP contribution in [-0.4, -0.2) is 27.4 Å². The third-order valence-corrected chi connectivity index (χ3v) is 10.9. The smallest absolute Gasteiger partial charge is 0.307 e. The zero-order chi connectivity index (χ0) is 27.1. The molecule has 202 valence electrons. The summed E-state index contributed by atoms with van der Waals surface area (Å²) < 4.78 is 56.9. The average molecular weight is 633 g/mol. The fourth-order valence-electron chi connectivity index (χ4n) is 4.03. The molecule has 0 saturated heterocycles. The summed E-state index contributed by atoms with van der Waals surface area (Å²) in [6.07, 6.45) is 6.06. The molecule has 1 atom stereocenters. The van der Waals surface area contributed by atoms with Gasteiger partial charge in [0.1, 0.15) is 0 Å². The summed E-state index contributed by atoms with van der Waals surface area (Å²) in [6.45, 7) is 4.27. The highest BCUT2D eigenvalue weighted by Gasteiger charge is 2.57. The Balaban J connectivity index is 2.21. The van der Waals surface area contributed by atoms with Crippen molar-refractivity contribution < 1.29 is 26.8 Å². The van der Waals surface area contributed by atoms with Crippen LogP contribution in [0.15, 0.2) is 64.0 Å². The Labute approximate surface area is 232 Å². The Morgan fingerprint density at radius 2 is 1.51 bits per heavy atom. The summed E-state index contributed by atoms with van der Waals surface area (Å²) in [5, 5.41) is -1.62. The van der Waals surface area contributed by atoms with Crippen LogP contribution in [0.2, 0.25) is 5.02 Å². The highest BCUT2D eigenvalue weighted by atomic mass is 79.9. The monoisotopic (exact) mass is 631 g/mol. The van der Waals surface area contributed by atoms with Crippen LogP contribution in [0.4, 0.5) is 0 Å². The van der Waals surface area contributed by atoms with Gasteiger partial charge in [-0.3, -0.25) is 9.36 Å². The van der Waals surface area contributed by atoms with E-state index in [1.165, 1.54) is 30.3 Å². The van der Waals surface area contributed by atoms with Gasteiger partial charge in [-0.25, -0.2) is 8.42 Å². The van der Waals surface area contributed by atoms with E-state index in [4.69, 9.17) is 20.6 Å². The molecule has 0 radical (unpaired) electrons. The van der Waals surface area contributed by atoms with Crippen LogP contribution < -0.4 is 4.72 Å². The maximum absolute atomic E-state index is 14.8. The number of carbonyl (C=O) groups excluding carboxylic acids is 1. The van der Waals surface area contributed by atoms with Crippen molar-refractivity contribution in [2.24, 2.45) is 0 Å². The van der Waals surface area contributed by atoms with Crippen molar-refractivity contribution in [3.05, 3.63) is 75.2 Å². The SMILES string of the molecule is CCCCCOP(=O)(OCCCCC)[C@]1(NS(=O)(=O)c2ccc(Cl)cc2)C=C(Br)C(=O)c2ccccc21. The summed E-state index contributed by atoms with van der Waals surface area (Å²) in [7, 11) is -8.59. The van der Waals surface area contributed by atoms with Crippen molar-refractivity contribution in [1.82, 2.24) is 4.72 Å². The second-order valence-corrected chi connectivity index (χ2v) is 14.0. The molecule has 0 aromatic heterocycles. The number of rotatable bonds is 14. The quantitative estimate of drug-likeness (QED) is 0.171. The van der Waals surface area contributed by atoms with E-state index in [-0.39, 0.29) is 39.5 Å². The Morgan fingerprint density at radius 3 is 2.08 bits per heavy atom. The van der Waals surface area contributed by atoms with Crippen LogP contribution in [0, 0.1) is 0 Å². The molecule has 0 unspecified atom stereocenters. The lowest BCUT2D eigenvalue weighted by molar-refractivity contribution is 0.103. The van der Waals surface area contributed by atoms with Crippen molar-refractivity contribution in [2.75, 3.05) is 13.2 Å². The standard InChI is InChI=1S/C26H32BrClNO6PS/c1-3-5-9-17-34-36(31,35-18-10-6-4-2)26(29-37(32,33)21-15-13-20(28)14-16-21)19-24(27)25(30)22-11-7-8-12-23(22)26/h7-8,11-16,19,29H,3-6,9-10,17-18H2,1-2H3/t26-/m1/s1. The summed E-state index contributed by atoms with van der Waals surface area (Å²) in [6, 6.07) is 12.1. The van der Waals surface area contributed by atoms with Crippen LogP contribution >= 0.6 is 35.1 Å². The van der Waals surface area contributed by atoms with Gasteiger partial charge < -0.3 is 9.05 Å². The average Bonchev–Trinajstić information content (AvgIpc) is 2.88. The summed E-state index contributed by atoms with van der Waals surface area (Å²) in [5.41, 5.74) is 0.403. The first-order valence-corrected chi connectivity index (χ1v) is 16.5. The van der Waals surface area contributed by atoms with Gasteiger partial charge in [0.15, 0.2) is 11.1 Å². The van der Waals surface area contributed by atoms with Crippen molar-refractivity contribution >= 4 is 50.9 Å². The zero-order valence-corrected chi connectivity index (χ0v) is 25.0. The minimum absolute atomic E-state index is 0.0551. The number of sulfonamides is 1.